The average molecular weight is 213 g/mol. The molecule has 2 nitrogen and oxygen atoms in total. The summed E-state index contributed by atoms with van der Waals surface area (Å²) in [5.74, 6) is 0.545. The van der Waals surface area contributed by atoms with Crippen LogP contribution in [0, 0.1) is 0 Å². The minimum absolute atomic E-state index is 0.276. The first-order chi connectivity index (χ1) is 8.28. The molecule has 0 fully saturated rings. The molecule has 0 heterocycles. The van der Waals surface area contributed by atoms with E-state index in [0.717, 1.165) is 5.56 Å². The van der Waals surface area contributed by atoms with E-state index in [-0.39, 0.29) is 6.04 Å². The Morgan fingerprint density at radius 1 is 1.19 bits per heavy atom. The number of rotatable bonds is 4. The zero-order valence-electron chi connectivity index (χ0n) is 9.72. The van der Waals surface area contributed by atoms with Gasteiger partial charge in [-0.2, -0.15) is 0 Å². The van der Waals surface area contributed by atoms with Gasteiger partial charge in [0.2, 0.25) is 0 Å². The lowest BCUT2D eigenvalue weighted by Crippen LogP contribution is -1.95. The lowest BCUT2D eigenvalue weighted by atomic mass is 10.2. The van der Waals surface area contributed by atoms with Gasteiger partial charge in [0.25, 0.3) is 0 Å². The highest BCUT2D eigenvalue weighted by Crippen LogP contribution is 2.13. The Kier molecular flexibility index (Phi) is 2.93. The van der Waals surface area contributed by atoms with Crippen molar-refractivity contribution in [2.45, 2.75) is 6.61 Å². The van der Waals surface area contributed by atoms with E-state index in [1.807, 2.05) is 30.3 Å². The van der Waals surface area contributed by atoms with Crippen LogP contribution in [0.2, 0.25) is 0 Å². The summed E-state index contributed by atoms with van der Waals surface area (Å²) in [7, 11) is 0. The third-order valence-corrected chi connectivity index (χ3v) is 2.17. The maximum absolute atomic E-state index is 10.6. The number of aldehydes is 1. The van der Waals surface area contributed by atoms with Gasteiger partial charge in [-0.05, 0) is 17.7 Å². The van der Waals surface area contributed by atoms with E-state index >= 15 is 0 Å². The van der Waals surface area contributed by atoms with Crippen molar-refractivity contribution in [3.63, 3.8) is 0 Å². The summed E-state index contributed by atoms with van der Waals surface area (Å²) in [6.45, 7) is 0.433. The van der Waals surface area contributed by atoms with Gasteiger partial charge in [-0.1, -0.05) is 42.4 Å². The number of hydrogen-bond donors (Lipinski definition) is 0. The lowest BCUT2D eigenvalue weighted by molar-refractivity contribution is 0.112. The van der Waals surface area contributed by atoms with Crippen LogP contribution in [0.3, 0.4) is 0 Å². The predicted octanol–water partition coefficient (Wildman–Crippen LogP) is 3.08. The van der Waals surface area contributed by atoms with Crippen LogP contribution >= 0.6 is 0 Å². The molecule has 0 amide bonds. The van der Waals surface area contributed by atoms with Crippen molar-refractivity contribution in [1.29, 1.82) is 0 Å². The number of carbonyl (C=O) groups is 1. The summed E-state index contributed by atoms with van der Waals surface area (Å²) in [5, 5.41) is 0. The van der Waals surface area contributed by atoms with E-state index in [2.05, 4.69) is 0 Å². The fourth-order valence-electron chi connectivity index (χ4n) is 1.36. The normalized spacial score (nSPS) is 10.6. The van der Waals surface area contributed by atoms with Crippen LogP contribution in [-0.2, 0) is 6.61 Å². The SMILES string of the molecule is [2H]c1cc(C=O)cc(OCc2ccccc2)c1. The second-order valence-corrected chi connectivity index (χ2v) is 3.39. The van der Waals surface area contributed by atoms with Crippen molar-refractivity contribution in [3.05, 3.63) is 65.7 Å². The van der Waals surface area contributed by atoms with E-state index in [0.29, 0.717) is 24.2 Å². The molecule has 0 saturated heterocycles. The number of hydrogen-bond acceptors (Lipinski definition) is 2. The molecule has 0 aromatic heterocycles. The largest absolute Gasteiger partial charge is 0.489 e. The summed E-state index contributed by atoms with van der Waals surface area (Å²) in [6.07, 6.45) is 0.716. The van der Waals surface area contributed by atoms with Gasteiger partial charge in [0.1, 0.15) is 18.6 Å². The highest BCUT2D eigenvalue weighted by Gasteiger charge is 1.96. The van der Waals surface area contributed by atoms with Crippen LogP contribution in [0.15, 0.2) is 54.6 Å². The summed E-state index contributed by atoms with van der Waals surface area (Å²) in [5.41, 5.74) is 1.51. The molecule has 0 N–H and O–H groups in total. The standard InChI is InChI=1S/C14H12O2/c15-10-13-7-4-8-14(9-13)16-11-12-5-2-1-3-6-12/h1-10H,11H2/i4D. The molecule has 0 atom stereocenters. The van der Waals surface area contributed by atoms with Gasteiger partial charge in [-0.25, -0.2) is 0 Å². The minimum atomic E-state index is 0.276. The molecule has 2 aromatic carbocycles. The summed E-state index contributed by atoms with van der Waals surface area (Å²) in [6, 6.07) is 14.8. The van der Waals surface area contributed by atoms with E-state index in [1.54, 1.807) is 12.1 Å². The Balaban J connectivity index is 2.09. The molecule has 80 valence electrons. The first kappa shape index (κ1) is 9.16. The molecular weight excluding hydrogens is 200 g/mol. The monoisotopic (exact) mass is 213 g/mol. The second kappa shape index (κ2) is 5.12. The predicted molar refractivity (Wildman–Crippen MR) is 62.6 cm³/mol. The Bertz CT molecular complexity index is 509. The first-order valence-electron chi connectivity index (χ1n) is 5.51. The van der Waals surface area contributed by atoms with Gasteiger partial charge in [0, 0.05) is 5.56 Å². The van der Waals surface area contributed by atoms with Crippen molar-refractivity contribution in [3.8, 4) is 5.75 Å². The van der Waals surface area contributed by atoms with E-state index in [1.165, 1.54) is 6.07 Å². The van der Waals surface area contributed by atoms with Crippen molar-refractivity contribution >= 4 is 6.29 Å². The molecule has 16 heavy (non-hydrogen) atoms. The highest BCUT2D eigenvalue weighted by atomic mass is 16.5. The Hall–Kier alpha value is -2.09. The van der Waals surface area contributed by atoms with Gasteiger partial charge in [0.05, 0.1) is 1.37 Å². The van der Waals surface area contributed by atoms with E-state index < -0.39 is 0 Å². The van der Waals surface area contributed by atoms with E-state index in [4.69, 9.17) is 6.11 Å². The number of ether oxygens (including phenoxy) is 1. The minimum Gasteiger partial charge on any atom is -0.489 e. The van der Waals surface area contributed by atoms with Gasteiger partial charge in [-0.15, -0.1) is 0 Å². The lowest BCUT2D eigenvalue weighted by Gasteiger charge is -2.06. The summed E-state index contributed by atoms with van der Waals surface area (Å²) >= 11 is 0. The van der Waals surface area contributed by atoms with Crippen molar-refractivity contribution in [2.24, 2.45) is 0 Å². The second-order valence-electron chi connectivity index (χ2n) is 3.39. The molecule has 0 unspecified atom stereocenters. The van der Waals surface area contributed by atoms with Crippen molar-refractivity contribution in [2.75, 3.05) is 0 Å². The van der Waals surface area contributed by atoms with E-state index in [9.17, 15) is 4.79 Å². The Labute approximate surface area is 95.9 Å². The topological polar surface area (TPSA) is 26.3 Å². The smallest absolute Gasteiger partial charge is 0.150 e. The van der Waals surface area contributed by atoms with Gasteiger partial charge in [-0.3, -0.25) is 4.79 Å². The molecule has 0 aliphatic rings. The van der Waals surface area contributed by atoms with Crippen molar-refractivity contribution in [1.82, 2.24) is 0 Å². The molecule has 0 saturated carbocycles. The zero-order chi connectivity index (χ0) is 12.1. The molecular formula is C14H12O2. The summed E-state index contributed by atoms with van der Waals surface area (Å²) < 4.78 is 13.1. The number of benzene rings is 2. The fraction of sp³-hybridized carbons (Fsp3) is 0.0714. The number of carbonyl (C=O) groups excluding carboxylic acids is 1. The molecule has 0 bridgehead atoms. The Morgan fingerprint density at radius 3 is 2.75 bits per heavy atom. The zero-order valence-corrected chi connectivity index (χ0v) is 8.72. The maximum Gasteiger partial charge on any atom is 0.150 e. The molecule has 2 rings (SSSR count). The third kappa shape index (κ3) is 2.70. The first-order valence-corrected chi connectivity index (χ1v) is 5.01. The quantitative estimate of drug-likeness (QED) is 0.729. The highest BCUT2D eigenvalue weighted by molar-refractivity contribution is 5.75. The maximum atomic E-state index is 10.6. The van der Waals surface area contributed by atoms with Crippen LogP contribution < -0.4 is 4.74 Å². The Morgan fingerprint density at radius 2 is 2.00 bits per heavy atom. The van der Waals surface area contributed by atoms with Crippen molar-refractivity contribution < 1.29 is 10.9 Å². The van der Waals surface area contributed by atoms with Crippen LogP contribution in [-0.4, -0.2) is 6.29 Å². The molecule has 0 aliphatic heterocycles. The van der Waals surface area contributed by atoms with Crippen LogP contribution in [0.25, 0.3) is 0 Å². The average Bonchev–Trinajstić information content (AvgIpc) is 2.37. The molecule has 0 aliphatic carbocycles. The molecule has 0 spiro atoms. The van der Waals surface area contributed by atoms with Crippen LogP contribution in [0.1, 0.15) is 17.3 Å². The van der Waals surface area contributed by atoms with Gasteiger partial charge < -0.3 is 4.74 Å². The molecule has 2 aromatic rings. The molecule has 2 heteroatoms. The van der Waals surface area contributed by atoms with Crippen LogP contribution in [0.4, 0.5) is 0 Å². The van der Waals surface area contributed by atoms with Gasteiger partial charge >= 0.3 is 0 Å². The summed E-state index contributed by atoms with van der Waals surface area (Å²) in [4.78, 5) is 10.6. The van der Waals surface area contributed by atoms with Crippen LogP contribution in [0.5, 0.6) is 5.75 Å². The molecule has 0 radical (unpaired) electrons. The fourth-order valence-corrected chi connectivity index (χ4v) is 1.36. The van der Waals surface area contributed by atoms with Gasteiger partial charge in [0.15, 0.2) is 0 Å². The third-order valence-electron chi connectivity index (χ3n) is 2.17.